The van der Waals surface area contributed by atoms with Crippen LogP contribution in [-0.2, 0) is 10.1 Å². The molecule has 0 spiro atoms. The topological polar surface area (TPSA) is 77.4 Å². The zero-order chi connectivity index (χ0) is 12.6. The first-order valence-corrected chi connectivity index (χ1v) is 7.53. The normalized spacial score (nSPS) is 15.1. The van der Waals surface area contributed by atoms with Crippen molar-refractivity contribution in [3.8, 4) is 0 Å². The van der Waals surface area contributed by atoms with Gasteiger partial charge < -0.3 is 9.66 Å². The Morgan fingerprint density at radius 2 is 1.65 bits per heavy atom. The molecule has 0 heterocycles. The van der Waals surface area contributed by atoms with E-state index in [1.54, 1.807) is 6.92 Å². The van der Waals surface area contributed by atoms with E-state index in [1.165, 1.54) is 0 Å². The van der Waals surface area contributed by atoms with E-state index < -0.39 is 21.5 Å². The smallest absolute Gasteiger partial charge is 0.748 e. The first-order valence-electron chi connectivity index (χ1n) is 6.06. The molecule has 0 radical (unpaired) electrons. The van der Waals surface area contributed by atoms with E-state index in [0.29, 0.717) is 12.8 Å². The molecular weight excluding hydrogens is 251 g/mol. The van der Waals surface area contributed by atoms with Crippen LogP contribution in [0.25, 0.3) is 0 Å². The summed E-state index contributed by atoms with van der Waals surface area (Å²) in [5.41, 5.74) is 0. The van der Waals surface area contributed by atoms with Crippen molar-refractivity contribution in [1.29, 1.82) is 0 Å². The maximum absolute atomic E-state index is 10.9. The second-order valence-electron chi connectivity index (χ2n) is 4.21. The van der Waals surface area contributed by atoms with Gasteiger partial charge in [0.25, 0.3) is 0 Å². The molecule has 17 heavy (non-hydrogen) atoms. The summed E-state index contributed by atoms with van der Waals surface area (Å²) >= 11 is 0. The molecule has 4 nitrogen and oxygen atoms in total. The van der Waals surface area contributed by atoms with Crippen LogP contribution in [0.15, 0.2) is 0 Å². The minimum atomic E-state index is -4.37. The largest absolute Gasteiger partial charge is 1.00 e. The third kappa shape index (κ3) is 9.45. The van der Waals surface area contributed by atoms with E-state index in [9.17, 15) is 18.1 Å². The van der Waals surface area contributed by atoms with Crippen molar-refractivity contribution >= 4 is 10.1 Å². The molecule has 0 fully saturated rings. The molecular formula is C11H23NaO4S. The van der Waals surface area contributed by atoms with Crippen LogP contribution in [0.5, 0.6) is 0 Å². The number of aliphatic hydroxyl groups excluding tert-OH is 1. The van der Waals surface area contributed by atoms with E-state index >= 15 is 0 Å². The van der Waals surface area contributed by atoms with Gasteiger partial charge in [-0.3, -0.25) is 0 Å². The van der Waals surface area contributed by atoms with Crippen molar-refractivity contribution in [2.24, 2.45) is 0 Å². The molecule has 0 aliphatic rings. The van der Waals surface area contributed by atoms with Gasteiger partial charge in [0.1, 0.15) is 10.1 Å². The van der Waals surface area contributed by atoms with Crippen molar-refractivity contribution in [2.45, 2.75) is 70.1 Å². The van der Waals surface area contributed by atoms with E-state index in [-0.39, 0.29) is 36.0 Å². The third-order valence-electron chi connectivity index (χ3n) is 2.81. The van der Waals surface area contributed by atoms with Crippen molar-refractivity contribution < 1.29 is 47.6 Å². The summed E-state index contributed by atoms with van der Waals surface area (Å²) in [5, 5.41) is 8.35. The molecule has 2 unspecified atom stereocenters. The minimum absolute atomic E-state index is 0. The summed E-state index contributed by atoms with van der Waals surface area (Å²) in [7, 11) is -4.37. The van der Waals surface area contributed by atoms with Gasteiger partial charge in [0, 0.05) is 0 Å². The fourth-order valence-corrected chi connectivity index (χ4v) is 2.77. The monoisotopic (exact) mass is 274 g/mol. The molecule has 2 atom stereocenters. The fourth-order valence-electron chi connectivity index (χ4n) is 1.74. The Balaban J connectivity index is 0. The van der Waals surface area contributed by atoms with Gasteiger partial charge in [0.05, 0.1) is 11.4 Å². The molecule has 0 bridgehead atoms. The molecule has 6 heteroatoms. The molecule has 0 aromatic carbocycles. The average Bonchev–Trinajstić information content (AvgIpc) is 2.20. The van der Waals surface area contributed by atoms with Crippen molar-refractivity contribution in [2.75, 3.05) is 0 Å². The Labute approximate surface area is 127 Å². The Bertz CT molecular complexity index is 267. The Hall–Kier alpha value is 0.870. The summed E-state index contributed by atoms with van der Waals surface area (Å²) in [6.07, 6.45) is 4.51. The fraction of sp³-hybridized carbons (Fsp3) is 1.00. The van der Waals surface area contributed by atoms with Gasteiger partial charge in [-0.15, -0.1) is 0 Å². The molecule has 0 aliphatic carbocycles. The summed E-state index contributed by atoms with van der Waals surface area (Å²) < 4.78 is 32.8. The van der Waals surface area contributed by atoms with Crippen LogP contribution < -0.4 is 29.6 Å². The zero-order valence-electron chi connectivity index (χ0n) is 11.2. The average molecular weight is 274 g/mol. The van der Waals surface area contributed by atoms with Crippen LogP contribution in [0.4, 0.5) is 0 Å². The molecule has 0 rings (SSSR count). The van der Waals surface area contributed by atoms with Gasteiger partial charge >= 0.3 is 29.6 Å². The SMILES string of the molecule is CCCCCCCC(C(O)CC)S(=O)(=O)[O-].[Na+]. The molecule has 0 aromatic rings. The van der Waals surface area contributed by atoms with E-state index in [1.807, 2.05) is 0 Å². The first-order chi connectivity index (χ1) is 7.43. The minimum Gasteiger partial charge on any atom is -0.748 e. The van der Waals surface area contributed by atoms with Crippen LogP contribution in [-0.4, -0.2) is 29.4 Å². The summed E-state index contributed by atoms with van der Waals surface area (Å²) in [6.45, 7) is 3.78. The first kappa shape index (κ1) is 20.2. The van der Waals surface area contributed by atoms with E-state index in [4.69, 9.17) is 0 Å². The summed E-state index contributed by atoms with van der Waals surface area (Å²) in [5.74, 6) is 0. The molecule has 0 amide bonds. The molecule has 1 N–H and O–H groups in total. The number of rotatable bonds is 9. The molecule has 0 saturated heterocycles. The molecule has 98 valence electrons. The molecule has 0 aliphatic heterocycles. The predicted molar refractivity (Wildman–Crippen MR) is 63.2 cm³/mol. The maximum atomic E-state index is 10.9. The number of unbranched alkanes of at least 4 members (excludes halogenated alkanes) is 4. The molecule has 0 saturated carbocycles. The standard InChI is InChI=1S/C11H24O4S.Na/c1-3-5-6-7-8-9-11(10(12)4-2)16(13,14)15;/h10-12H,3-9H2,1-2H3,(H,13,14,15);/q;+1/p-1. The van der Waals surface area contributed by atoms with E-state index in [0.717, 1.165) is 25.7 Å². The van der Waals surface area contributed by atoms with Crippen LogP contribution in [0.1, 0.15) is 58.8 Å². The Morgan fingerprint density at radius 1 is 1.12 bits per heavy atom. The van der Waals surface area contributed by atoms with Crippen LogP contribution >= 0.6 is 0 Å². The van der Waals surface area contributed by atoms with Gasteiger partial charge in [0.15, 0.2) is 0 Å². The van der Waals surface area contributed by atoms with E-state index in [2.05, 4.69) is 6.92 Å². The van der Waals surface area contributed by atoms with Gasteiger partial charge in [-0.25, -0.2) is 8.42 Å². The van der Waals surface area contributed by atoms with Gasteiger partial charge in [0.2, 0.25) is 0 Å². The van der Waals surface area contributed by atoms with Crippen LogP contribution in [0, 0.1) is 0 Å². The van der Waals surface area contributed by atoms with Crippen molar-refractivity contribution in [3.63, 3.8) is 0 Å². The maximum Gasteiger partial charge on any atom is 1.00 e. The second-order valence-corrected chi connectivity index (χ2v) is 5.80. The van der Waals surface area contributed by atoms with Gasteiger partial charge in [-0.2, -0.15) is 0 Å². The zero-order valence-corrected chi connectivity index (χ0v) is 14.0. The number of aliphatic hydroxyl groups is 1. The predicted octanol–water partition coefficient (Wildman–Crippen LogP) is -0.964. The number of hydrogen-bond acceptors (Lipinski definition) is 4. The molecule has 0 aromatic heterocycles. The second kappa shape index (κ2) is 10.8. The summed E-state index contributed by atoms with van der Waals surface area (Å²) in [4.78, 5) is 0. The van der Waals surface area contributed by atoms with Crippen LogP contribution in [0.2, 0.25) is 0 Å². The Kier molecular flexibility index (Phi) is 12.8. The quantitative estimate of drug-likeness (QED) is 0.333. The van der Waals surface area contributed by atoms with Crippen molar-refractivity contribution in [3.05, 3.63) is 0 Å². The van der Waals surface area contributed by atoms with Gasteiger partial charge in [-0.05, 0) is 12.8 Å². The number of hydrogen-bond donors (Lipinski definition) is 1. The Morgan fingerprint density at radius 3 is 2.06 bits per heavy atom. The van der Waals surface area contributed by atoms with Crippen molar-refractivity contribution in [1.82, 2.24) is 0 Å². The van der Waals surface area contributed by atoms with Crippen LogP contribution in [0.3, 0.4) is 0 Å². The van der Waals surface area contributed by atoms with Gasteiger partial charge in [-0.1, -0.05) is 46.0 Å². The summed E-state index contributed by atoms with van der Waals surface area (Å²) in [6, 6.07) is 0. The third-order valence-corrected chi connectivity index (χ3v) is 4.10.